The summed E-state index contributed by atoms with van der Waals surface area (Å²) in [5.41, 5.74) is 14.9. The Bertz CT molecular complexity index is 6510. The number of nitrogens with zero attached hydrogens (tertiary/aromatic N) is 6. The monoisotopic (exact) mass is 2030 g/mol. The fourth-order valence-electron chi connectivity index (χ4n) is 16.5. The summed E-state index contributed by atoms with van der Waals surface area (Å²) in [6.07, 6.45) is 20.9. The van der Waals surface area contributed by atoms with Crippen molar-refractivity contribution in [2.75, 3.05) is 42.7 Å². The molecule has 0 saturated carbocycles. The number of H-pyrrole nitrogens is 4. The summed E-state index contributed by atoms with van der Waals surface area (Å²) in [6.45, 7) is 19.4. The second kappa shape index (κ2) is 60.1. The van der Waals surface area contributed by atoms with Crippen LogP contribution in [0, 0.1) is 70.5 Å². The number of fused-ring (bicyclic) bond motifs is 4. The zero-order chi connectivity index (χ0) is 107. The van der Waals surface area contributed by atoms with Crippen LogP contribution < -0.4 is 40.6 Å². The molecule has 0 unspecified atom stereocenters. The molecule has 780 valence electrons. The summed E-state index contributed by atoms with van der Waals surface area (Å²) >= 11 is 0. The Morgan fingerprint density at radius 3 is 0.884 bits per heavy atom. The highest BCUT2D eigenvalue weighted by molar-refractivity contribution is 6.06. The number of primary amides is 1. The topological polar surface area (TPSA) is 514 Å². The molecule has 0 saturated heterocycles. The number of ether oxygens (including phenoxy) is 6. The number of carbonyl (C=O) groups excluding carboxylic acids is 10. The molecule has 9 heterocycles. The molecule has 0 aliphatic rings. The van der Waals surface area contributed by atoms with E-state index >= 15 is 0 Å². The van der Waals surface area contributed by atoms with E-state index in [-0.39, 0.29) is 133 Å². The number of aromatic nitrogens is 9. The van der Waals surface area contributed by atoms with Gasteiger partial charge < -0.3 is 80.3 Å². The lowest BCUT2D eigenvalue weighted by Crippen LogP contribution is -2.48. The van der Waals surface area contributed by atoms with Gasteiger partial charge in [0.15, 0.2) is 23.1 Å². The number of nitrogens with two attached hydrogens (primary N) is 1. The van der Waals surface area contributed by atoms with Crippen LogP contribution in [0.1, 0.15) is 190 Å². The lowest BCUT2D eigenvalue weighted by atomic mass is 9.90. The fourth-order valence-corrected chi connectivity index (χ4v) is 16.5. The number of hydrogen-bond donors (Lipinski definition) is 10. The summed E-state index contributed by atoms with van der Waals surface area (Å²) in [5, 5.41) is 39.0. The minimum atomic E-state index is -0.921. The first-order valence-corrected chi connectivity index (χ1v) is 48.3. The number of hydrogen-bond acceptors (Lipinski definition) is 24. The molecular weight excluding hydrogens is 1900 g/mol. The summed E-state index contributed by atoms with van der Waals surface area (Å²) < 4.78 is 30.9. The number of methoxy groups -OCH3 is 6. The van der Waals surface area contributed by atoms with E-state index in [0.29, 0.717) is 90.7 Å². The van der Waals surface area contributed by atoms with Crippen molar-refractivity contribution in [1.82, 2.24) is 60.8 Å². The third kappa shape index (κ3) is 37.7. The van der Waals surface area contributed by atoms with Crippen molar-refractivity contribution in [2.24, 2.45) is 64.9 Å². The van der Waals surface area contributed by atoms with Gasteiger partial charge in [-0.3, -0.25) is 77.7 Å². The second-order valence-electron chi connectivity index (χ2n) is 37.3. The molecule has 11 N–H and O–H groups in total. The van der Waals surface area contributed by atoms with Gasteiger partial charge in [-0.05, 0) is 193 Å². The number of nitriles is 1. The number of carboxylic acid groups (broad SMARTS) is 2. The number of nitrogens with one attached hydrogen (secondary N) is 7. The third-order valence-electron chi connectivity index (χ3n) is 23.8. The Morgan fingerprint density at radius 2 is 0.619 bits per heavy atom. The van der Waals surface area contributed by atoms with Crippen LogP contribution in [0.4, 0.5) is 0 Å². The van der Waals surface area contributed by atoms with Crippen molar-refractivity contribution in [3.8, 4) is 29.1 Å². The lowest BCUT2D eigenvalue weighted by Gasteiger charge is -2.22. The molecule has 0 radical (unpaired) electrons. The van der Waals surface area contributed by atoms with Crippen LogP contribution in [0.2, 0.25) is 0 Å². The van der Waals surface area contributed by atoms with Crippen LogP contribution in [0.25, 0.3) is 43.6 Å². The second-order valence-corrected chi connectivity index (χ2v) is 37.3. The highest BCUT2D eigenvalue weighted by atomic mass is 35.5. The largest absolute Gasteiger partial charge is 0.496 e. The number of aliphatic carboxylic acids is 2. The summed E-state index contributed by atoms with van der Waals surface area (Å²) in [5.74, 6) is -4.03. The number of amides is 4. The molecule has 34 nitrogen and oxygen atoms in total. The van der Waals surface area contributed by atoms with Gasteiger partial charge in [-0.15, -0.1) is 12.4 Å². The fraction of sp³-hybridized carbons (Fsp3) is 0.375. The van der Waals surface area contributed by atoms with Crippen LogP contribution in [0.15, 0.2) is 220 Å². The lowest BCUT2D eigenvalue weighted by molar-refractivity contribution is -0.145. The predicted molar refractivity (Wildman–Crippen MR) is 562 cm³/mol. The third-order valence-corrected chi connectivity index (χ3v) is 23.8. The van der Waals surface area contributed by atoms with Crippen LogP contribution in [0.3, 0.4) is 0 Å². The van der Waals surface area contributed by atoms with Gasteiger partial charge in [0.2, 0.25) is 23.6 Å². The summed E-state index contributed by atoms with van der Waals surface area (Å²) in [6, 6.07) is 47.2. The van der Waals surface area contributed by atoms with Gasteiger partial charge in [0.1, 0.15) is 41.1 Å². The van der Waals surface area contributed by atoms with E-state index in [2.05, 4.69) is 71.6 Å². The molecule has 35 heteroatoms. The average molecular weight is 2030 g/mol. The molecule has 9 aromatic heterocycles. The molecule has 4 amide bonds. The molecule has 13 aromatic rings. The summed E-state index contributed by atoms with van der Waals surface area (Å²) in [7, 11) is 9.00. The van der Waals surface area contributed by atoms with Crippen LogP contribution in [0.5, 0.6) is 23.0 Å². The predicted octanol–water partition coefficient (Wildman–Crippen LogP) is 17.5. The molecule has 0 aliphatic carbocycles. The number of pyridine rings is 5. The van der Waals surface area contributed by atoms with E-state index < -0.39 is 65.6 Å². The maximum Gasteiger partial charge on any atom is 0.328 e. The molecular formula is C112H135ClN14O20. The number of esters is 2. The Kier molecular flexibility index (Phi) is 48.3. The van der Waals surface area contributed by atoms with Crippen LogP contribution in [-0.2, 0) is 79.9 Å². The zero-order valence-corrected chi connectivity index (χ0v) is 86.7. The highest BCUT2D eigenvalue weighted by Crippen LogP contribution is 2.34. The van der Waals surface area contributed by atoms with Crippen molar-refractivity contribution in [3.05, 3.63) is 270 Å². The molecule has 0 spiro atoms. The average Bonchev–Trinajstić information content (AvgIpc) is 1.67. The minimum absolute atomic E-state index is 0. The van der Waals surface area contributed by atoms with E-state index in [1.165, 1.54) is 14.2 Å². The molecule has 147 heavy (non-hydrogen) atoms. The van der Waals surface area contributed by atoms with E-state index in [9.17, 15) is 67.9 Å². The Hall–Kier alpha value is -15.8. The van der Waals surface area contributed by atoms with Crippen molar-refractivity contribution in [3.63, 3.8) is 0 Å². The number of rotatable bonds is 45. The molecule has 13 rings (SSSR count). The van der Waals surface area contributed by atoms with Gasteiger partial charge >= 0.3 is 23.9 Å². The Balaban J connectivity index is 0.000000247. The Labute approximate surface area is 861 Å². The van der Waals surface area contributed by atoms with Gasteiger partial charge in [-0.2, -0.15) is 5.26 Å². The van der Waals surface area contributed by atoms with Gasteiger partial charge in [-0.25, -0.2) is 4.79 Å². The standard InChI is InChI=1S/C26H31N3O5.C25H30N4O4.C25H28N4O3.C17H21NO4.C10H13NO2.C9H11NO2.ClH/c1-16(2)11-18(13-23(30)21-14-19-20(28-21)8-5-9-24(19)33-3)25(31)29-22(26(32)34-4)12-17-7-6-10-27-15-17;1-15(2)10-17(25(32)29-21(24(26)31)11-16-6-5-9-27-14-16)12-22(30)20-13-18-19(28-20)7-4-8-23(18)33-3;1-16(2)10-18(25(31)28-19(14-26)11-17-6-5-9-27-15-17)12-23(30)22-13-20-21(29-22)7-4-8-24(20)32-3;1-10(2)7-11(17(20)21)8-15(19)14-9-12-13(18-14)5-4-6-16(12)22-3;1-8(10(12)13-2)6-9-4-3-5-11-7-9;1-7(9(11)12)5-8-3-2-4-10-6-8;/h5-10,14-16,18,22,28H,11-13H2,1-4H3,(H,29,31);4-9,13-15,17,21,28H,10-12H2,1-3H3,(H2,26,31)(H,29,32);4-9,13,15-16,18-19,29H,10-12H2,1-3H3,(H,28,31);4-6,9-11,18H,7-8H2,1-3H3,(H,20,21);3-5,7-8H,6H2,1-2H3;2-4,6-7H,5H2,1H3,(H,11,12);1H/t18-,22+;17-,21+;18-,19+;11-;8-;7-;/m111100./s1. The molecule has 0 aliphatic heterocycles. The quantitative estimate of drug-likeness (QED) is 0.0125. The maximum absolute atomic E-state index is 13.2. The number of carboxylic acids is 2. The van der Waals surface area contributed by atoms with Crippen molar-refractivity contribution < 1.29 is 96.2 Å². The number of carbonyl (C=O) groups is 12. The number of aromatic amines is 4. The first kappa shape index (κ1) is 118. The zero-order valence-electron chi connectivity index (χ0n) is 85.9. The number of benzene rings is 4. The van der Waals surface area contributed by atoms with Crippen molar-refractivity contribution in [2.45, 2.75) is 171 Å². The normalized spacial score (nSPS) is 12.6. The maximum atomic E-state index is 13.2. The van der Waals surface area contributed by atoms with Crippen LogP contribution in [-0.4, -0.2) is 186 Å². The molecule has 0 fully saturated rings. The van der Waals surface area contributed by atoms with Gasteiger partial charge in [0, 0.05) is 168 Å². The van der Waals surface area contributed by atoms with Crippen molar-refractivity contribution >= 4 is 127 Å². The Morgan fingerprint density at radius 1 is 0.347 bits per heavy atom. The SMILES string of the molecule is COC(=O)[C@@H](C)Cc1cccnc1.COC(=O)[C@H](Cc1cccnc1)NC(=O)[C@@H](CC(=O)c1cc2c(OC)cccc2[nH]1)CC(C)C.COc1cccc2[nH]c(C(=O)C[C@@H](CC(C)C)C(=O)N[C@@H](Cc3cccnc3)C(N)=O)cc12.COc1cccc2[nH]c(C(=O)C[C@@H](CC(C)C)C(=O)N[C@H](C#N)Cc3cccnc3)cc12.COc1cccc2[nH]c(C(=O)C[C@@H](CC(C)C)C(=O)O)cc12.C[C@@H](Cc1cccnc1)C(=O)O.Cl. The van der Waals surface area contributed by atoms with E-state index in [1.54, 1.807) is 140 Å². The van der Waals surface area contributed by atoms with E-state index in [4.69, 9.17) is 34.5 Å². The first-order valence-electron chi connectivity index (χ1n) is 48.3. The molecule has 0 bridgehead atoms. The van der Waals surface area contributed by atoms with E-state index in [1.807, 2.05) is 178 Å². The first-order chi connectivity index (χ1) is 69.9. The number of halogens is 1. The summed E-state index contributed by atoms with van der Waals surface area (Å²) in [4.78, 5) is 181. The van der Waals surface area contributed by atoms with Gasteiger partial charge in [0.25, 0.3) is 0 Å². The highest BCUT2D eigenvalue weighted by Gasteiger charge is 2.34. The molecule has 9 atom stereocenters. The van der Waals surface area contributed by atoms with E-state index in [0.717, 1.165) is 71.4 Å². The van der Waals surface area contributed by atoms with Gasteiger partial charge in [-0.1, -0.05) is 124 Å². The van der Waals surface area contributed by atoms with Gasteiger partial charge in [0.05, 0.1) is 89.3 Å². The number of Topliss-reactive ketones (excluding diaryl/α,β-unsaturated/α-hetero) is 4. The van der Waals surface area contributed by atoms with Crippen molar-refractivity contribution in [1.29, 1.82) is 5.26 Å². The minimum Gasteiger partial charge on any atom is -0.496 e. The smallest absolute Gasteiger partial charge is 0.328 e. The van der Waals surface area contributed by atoms with Crippen LogP contribution >= 0.6 is 12.4 Å². The number of ketones is 4. The molecule has 4 aromatic carbocycles.